The molecule has 0 aromatic heterocycles. The molecule has 2 radical (unpaired) electrons. The summed E-state index contributed by atoms with van der Waals surface area (Å²) in [5, 5.41) is 0. The van der Waals surface area contributed by atoms with E-state index in [2.05, 4.69) is 32.1 Å². The van der Waals surface area contributed by atoms with Gasteiger partial charge in [-0.05, 0) is 43.4 Å². The van der Waals surface area contributed by atoms with Gasteiger partial charge in [-0.3, -0.25) is 0 Å². The van der Waals surface area contributed by atoms with E-state index in [9.17, 15) is 0 Å². The molecule has 3 aliphatic carbocycles. The van der Waals surface area contributed by atoms with Crippen LogP contribution in [0.1, 0.15) is 65.2 Å². The van der Waals surface area contributed by atoms with Crippen LogP contribution in [-0.4, -0.2) is 7.85 Å². The predicted molar refractivity (Wildman–Crippen MR) is 92.2 cm³/mol. The summed E-state index contributed by atoms with van der Waals surface area (Å²) in [5.74, 6) is 2.75. The van der Waals surface area contributed by atoms with Gasteiger partial charge < -0.3 is 0 Å². The van der Waals surface area contributed by atoms with Crippen molar-refractivity contribution in [1.29, 1.82) is 0 Å². The second kappa shape index (κ2) is 6.59. The molecule has 3 aliphatic rings. The third-order valence-electron chi connectivity index (χ3n) is 5.85. The van der Waals surface area contributed by atoms with Crippen LogP contribution in [0.3, 0.4) is 0 Å². The molecule has 1 saturated carbocycles. The molecule has 0 bridgehead atoms. The van der Waals surface area contributed by atoms with Crippen molar-refractivity contribution in [3.8, 4) is 0 Å². The fraction of sp³-hybridized carbons (Fsp3) is 0.700. The number of allylic oxidation sites excluding steroid dienone is 6. The van der Waals surface area contributed by atoms with Crippen LogP contribution in [0.2, 0.25) is 0 Å². The minimum atomic E-state index is 0.595. The molecule has 0 saturated heterocycles. The highest BCUT2D eigenvalue weighted by molar-refractivity contribution is 6.22. The third kappa shape index (κ3) is 3.08. The SMILES string of the molecule is [B]C1=C(C2CCCCC2)C2C=CC(CCC)=CC2C(C)C1. The molecule has 0 nitrogen and oxygen atoms in total. The lowest BCUT2D eigenvalue weighted by atomic mass is 9.59. The first kappa shape index (κ1) is 15.2. The van der Waals surface area contributed by atoms with E-state index in [-0.39, 0.29) is 0 Å². The Balaban J connectivity index is 1.87. The zero-order valence-electron chi connectivity index (χ0n) is 13.8. The molecule has 3 unspecified atom stereocenters. The van der Waals surface area contributed by atoms with Crippen molar-refractivity contribution in [2.75, 3.05) is 0 Å². The summed E-state index contributed by atoms with van der Waals surface area (Å²) in [6, 6.07) is 0. The molecule has 3 atom stereocenters. The van der Waals surface area contributed by atoms with Crippen molar-refractivity contribution in [2.45, 2.75) is 65.2 Å². The highest BCUT2D eigenvalue weighted by Gasteiger charge is 2.36. The maximum atomic E-state index is 6.53. The van der Waals surface area contributed by atoms with Crippen LogP contribution in [0, 0.1) is 23.7 Å². The minimum Gasteiger partial charge on any atom is -0.117 e. The largest absolute Gasteiger partial charge is 0.117 e. The van der Waals surface area contributed by atoms with Gasteiger partial charge in [0.15, 0.2) is 0 Å². The topological polar surface area (TPSA) is 0 Å². The van der Waals surface area contributed by atoms with Gasteiger partial charge in [0.25, 0.3) is 0 Å². The summed E-state index contributed by atoms with van der Waals surface area (Å²) in [7, 11) is 6.53. The first-order valence-electron chi connectivity index (χ1n) is 9.08. The maximum Gasteiger partial charge on any atom is 0.107 e. The molecule has 1 heteroatoms. The van der Waals surface area contributed by atoms with Gasteiger partial charge >= 0.3 is 0 Å². The lowest BCUT2D eigenvalue weighted by Crippen LogP contribution is -2.32. The average Bonchev–Trinajstić information content (AvgIpc) is 2.49. The number of hydrogen-bond acceptors (Lipinski definition) is 0. The quantitative estimate of drug-likeness (QED) is 0.594. The Morgan fingerprint density at radius 2 is 1.95 bits per heavy atom. The lowest BCUT2D eigenvalue weighted by Gasteiger charge is -2.42. The minimum absolute atomic E-state index is 0.595. The summed E-state index contributed by atoms with van der Waals surface area (Å²) >= 11 is 0. The summed E-state index contributed by atoms with van der Waals surface area (Å²) in [5.41, 5.74) is 4.41. The van der Waals surface area contributed by atoms with Crippen LogP contribution in [0.5, 0.6) is 0 Å². The van der Waals surface area contributed by atoms with Gasteiger partial charge in [-0.15, -0.1) is 5.47 Å². The third-order valence-corrected chi connectivity index (χ3v) is 5.85. The Morgan fingerprint density at radius 1 is 1.19 bits per heavy atom. The van der Waals surface area contributed by atoms with Gasteiger partial charge in [-0.1, -0.05) is 68.9 Å². The lowest BCUT2D eigenvalue weighted by molar-refractivity contribution is 0.293. The highest BCUT2D eigenvalue weighted by atomic mass is 14.4. The second-order valence-electron chi connectivity index (χ2n) is 7.45. The Bertz CT molecular complexity index is 462. The monoisotopic (exact) mass is 280 g/mol. The molecule has 1 fully saturated rings. The van der Waals surface area contributed by atoms with Gasteiger partial charge in [0.1, 0.15) is 7.85 Å². The molecular weight excluding hydrogens is 251 g/mol. The predicted octanol–water partition coefficient (Wildman–Crippen LogP) is 5.56. The second-order valence-corrected chi connectivity index (χ2v) is 7.45. The van der Waals surface area contributed by atoms with Crippen LogP contribution >= 0.6 is 0 Å². The Morgan fingerprint density at radius 3 is 2.67 bits per heavy atom. The first-order chi connectivity index (χ1) is 10.2. The van der Waals surface area contributed by atoms with E-state index in [1.165, 1.54) is 50.4 Å². The van der Waals surface area contributed by atoms with Crippen LogP contribution in [0.15, 0.2) is 34.8 Å². The number of fused-ring (bicyclic) bond motifs is 1. The van der Waals surface area contributed by atoms with Gasteiger partial charge in [0, 0.05) is 5.92 Å². The van der Waals surface area contributed by atoms with Crippen molar-refractivity contribution in [3.63, 3.8) is 0 Å². The Labute approximate surface area is 132 Å². The standard InChI is InChI=1S/C20H29B/c1-3-7-15-10-11-17-18(13-15)14(2)12-19(21)20(17)16-8-5-4-6-9-16/h10-11,13-14,16-18H,3-9,12H2,1-2H3. The molecular formula is C20H29B. The molecule has 112 valence electrons. The van der Waals surface area contributed by atoms with E-state index >= 15 is 0 Å². The molecule has 0 aromatic carbocycles. The first-order valence-corrected chi connectivity index (χ1v) is 9.08. The van der Waals surface area contributed by atoms with E-state index in [4.69, 9.17) is 7.85 Å². The van der Waals surface area contributed by atoms with Gasteiger partial charge in [0.2, 0.25) is 0 Å². The number of hydrogen-bond donors (Lipinski definition) is 0. The molecule has 3 rings (SSSR count). The fourth-order valence-corrected chi connectivity index (χ4v) is 4.81. The average molecular weight is 280 g/mol. The van der Waals surface area contributed by atoms with Crippen LogP contribution in [0.25, 0.3) is 0 Å². The number of rotatable bonds is 3. The molecule has 0 amide bonds. The van der Waals surface area contributed by atoms with E-state index in [0.717, 1.165) is 12.3 Å². The van der Waals surface area contributed by atoms with Crippen molar-refractivity contribution in [1.82, 2.24) is 0 Å². The molecule has 0 heterocycles. The summed E-state index contributed by atoms with van der Waals surface area (Å²) in [6.45, 7) is 4.66. The van der Waals surface area contributed by atoms with Crippen molar-refractivity contribution < 1.29 is 0 Å². The molecule has 0 aromatic rings. The van der Waals surface area contributed by atoms with Crippen LogP contribution in [-0.2, 0) is 0 Å². The maximum absolute atomic E-state index is 6.53. The van der Waals surface area contributed by atoms with Crippen molar-refractivity contribution >= 4 is 7.85 Å². The molecule has 21 heavy (non-hydrogen) atoms. The smallest absolute Gasteiger partial charge is 0.107 e. The Kier molecular flexibility index (Phi) is 4.77. The zero-order chi connectivity index (χ0) is 14.8. The van der Waals surface area contributed by atoms with Gasteiger partial charge in [-0.25, -0.2) is 0 Å². The van der Waals surface area contributed by atoms with Crippen molar-refractivity contribution in [3.05, 3.63) is 34.8 Å². The molecule has 0 aliphatic heterocycles. The summed E-state index contributed by atoms with van der Waals surface area (Å²) in [4.78, 5) is 0. The normalized spacial score (nSPS) is 33.8. The van der Waals surface area contributed by atoms with Crippen LogP contribution in [0.4, 0.5) is 0 Å². The summed E-state index contributed by atoms with van der Waals surface area (Å²) in [6.07, 6.45) is 18.0. The van der Waals surface area contributed by atoms with Gasteiger partial charge in [0.05, 0.1) is 0 Å². The molecule has 0 spiro atoms. The van der Waals surface area contributed by atoms with E-state index in [1.807, 2.05) is 0 Å². The highest BCUT2D eigenvalue weighted by Crippen LogP contribution is 2.47. The summed E-state index contributed by atoms with van der Waals surface area (Å²) < 4.78 is 0. The molecule has 0 N–H and O–H groups in total. The van der Waals surface area contributed by atoms with Gasteiger partial charge in [-0.2, -0.15) is 0 Å². The van der Waals surface area contributed by atoms with Crippen LogP contribution < -0.4 is 0 Å². The van der Waals surface area contributed by atoms with Crippen molar-refractivity contribution in [2.24, 2.45) is 23.7 Å². The van der Waals surface area contributed by atoms with E-state index < -0.39 is 0 Å². The van der Waals surface area contributed by atoms with E-state index in [1.54, 1.807) is 11.1 Å². The van der Waals surface area contributed by atoms with E-state index in [0.29, 0.717) is 17.8 Å². The fourth-order valence-electron chi connectivity index (χ4n) is 4.81. The Hall–Kier alpha value is -0.715. The zero-order valence-corrected chi connectivity index (χ0v) is 13.8.